The Morgan fingerprint density at radius 3 is 2.40 bits per heavy atom. The number of nitrogens with one attached hydrogen (secondary N) is 1. The van der Waals surface area contributed by atoms with Crippen molar-refractivity contribution in [1.29, 1.82) is 0 Å². The highest BCUT2D eigenvalue weighted by atomic mass is 14.9. The van der Waals surface area contributed by atoms with Gasteiger partial charge in [-0.15, -0.1) is 5.92 Å². The predicted molar refractivity (Wildman–Crippen MR) is 148 cm³/mol. The summed E-state index contributed by atoms with van der Waals surface area (Å²) in [4.78, 5) is 0. The third-order valence-electron chi connectivity index (χ3n) is 6.84. The average molecular weight is 452 g/mol. The molecule has 3 aromatic rings. The maximum Gasteiger partial charge on any atom is 0.0701 e. The lowest BCUT2D eigenvalue weighted by molar-refractivity contribution is 0.702. The molecule has 2 atom stereocenters. The van der Waals surface area contributed by atoms with Crippen LogP contribution in [0.2, 0.25) is 0 Å². The number of allylic oxidation sites excluding steroid dienone is 9. The van der Waals surface area contributed by atoms with Crippen molar-refractivity contribution in [3.63, 3.8) is 0 Å². The molecule has 0 fully saturated rings. The zero-order valence-electron chi connectivity index (χ0n) is 20.2. The fourth-order valence-electron chi connectivity index (χ4n) is 5.27. The number of benzene rings is 3. The number of rotatable bonds is 5. The van der Waals surface area contributed by atoms with Gasteiger partial charge in [-0.1, -0.05) is 109 Å². The molecule has 0 radical (unpaired) electrons. The van der Waals surface area contributed by atoms with E-state index in [9.17, 15) is 0 Å². The smallest absolute Gasteiger partial charge is 0.0701 e. The largest absolute Gasteiger partial charge is 0.356 e. The standard InChI is InChI=1S/C34H29N/c1-3-5-7-18-30(4-2)35-31-23-21-28(22-24-31)34(27-15-8-6-9-16-27)29-17-11-10-14-26(25-29)32-19-12-13-20-33(32)34/h4,6-26,35H,1-2H3/b18-7-,30-4+. The molecule has 35 heavy (non-hydrogen) atoms. The van der Waals surface area contributed by atoms with Crippen LogP contribution < -0.4 is 5.32 Å². The first-order valence-corrected chi connectivity index (χ1v) is 12.1. The van der Waals surface area contributed by atoms with Gasteiger partial charge in [-0.25, -0.2) is 0 Å². The molecule has 0 saturated heterocycles. The SMILES string of the molecule is CC#C/C=C\C(=C/C)Nc1ccc(C2(c3ccccc3)C3=CC(C=CC=C3)c3ccccc32)cc1. The van der Waals surface area contributed by atoms with Crippen molar-refractivity contribution in [1.82, 2.24) is 0 Å². The first kappa shape index (κ1) is 22.5. The monoisotopic (exact) mass is 451 g/mol. The third kappa shape index (κ3) is 4.09. The second kappa shape index (κ2) is 9.92. The molecule has 0 saturated carbocycles. The van der Waals surface area contributed by atoms with Crippen molar-refractivity contribution in [2.24, 2.45) is 0 Å². The maximum atomic E-state index is 3.51. The van der Waals surface area contributed by atoms with E-state index in [1.165, 1.54) is 27.8 Å². The molecule has 170 valence electrons. The van der Waals surface area contributed by atoms with Crippen molar-refractivity contribution < 1.29 is 0 Å². The summed E-state index contributed by atoms with van der Waals surface area (Å²) in [6, 6.07) is 28.7. The molecule has 0 spiro atoms. The molecule has 2 bridgehead atoms. The Balaban J connectivity index is 1.66. The van der Waals surface area contributed by atoms with E-state index in [0.29, 0.717) is 0 Å². The molecule has 2 aliphatic carbocycles. The van der Waals surface area contributed by atoms with Gasteiger partial charge in [0.15, 0.2) is 0 Å². The van der Waals surface area contributed by atoms with Gasteiger partial charge in [0.2, 0.25) is 0 Å². The number of hydrogen-bond acceptors (Lipinski definition) is 1. The van der Waals surface area contributed by atoms with Crippen LogP contribution in [0, 0.1) is 11.8 Å². The number of anilines is 1. The highest BCUT2D eigenvalue weighted by Crippen LogP contribution is 2.52. The highest BCUT2D eigenvalue weighted by molar-refractivity contribution is 5.69. The van der Waals surface area contributed by atoms with Crippen molar-refractivity contribution in [2.75, 3.05) is 5.32 Å². The van der Waals surface area contributed by atoms with Crippen molar-refractivity contribution in [3.05, 3.63) is 161 Å². The van der Waals surface area contributed by atoms with Crippen LogP contribution in [0.1, 0.15) is 42.0 Å². The summed E-state index contributed by atoms with van der Waals surface area (Å²) in [5, 5.41) is 3.51. The third-order valence-corrected chi connectivity index (χ3v) is 6.84. The summed E-state index contributed by atoms with van der Waals surface area (Å²) in [6.45, 7) is 3.87. The van der Waals surface area contributed by atoms with Gasteiger partial charge >= 0.3 is 0 Å². The van der Waals surface area contributed by atoms with Gasteiger partial charge in [0.05, 0.1) is 5.41 Å². The fraction of sp³-hybridized carbons (Fsp3) is 0.118. The van der Waals surface area contributed by atoms with Crippen molar-refractivity contribution in [2.45, 2.75) is 25.2 Å². The maximum absolute atomic E-state index is 3.51. The van der Waals surface area contributed by atoms with E-state index in [1.54, 1.807) is 0 Å². The Morgan fingerprint density at radius 1 is 0.886 bits per heavy atom. The predicted octanol–water partition coefficient (Wildman–Crippen LogP) is 8.07. The van der Waals surface area contributed by atoms with Crippen molar-refractivity contribution in [3.8, 4) is 11.8 Å². The molecule has 0 amide bonds. The van der Waals surface area contributed by atoms with Gasteiger partial charge in [-0.05, 0) is 66.0 Å². The zero-order chi connectivity index (χ0) is 24.1. The van der Waals surface area contributed by atoms with Gasteiger partial charge < -0.3 is 5.32 Å². The summed E-state index contributed by atoms with van der Waals surface area (Å²) >= 11 is 0. The lowest BCUT2D eigenvalue weighted by Gasteiger charge is -2.42. The van der Waals surface area contributed by atoms with Crippen LogP contribution in [-0.2, 0) is 5.41 Å². The lowest BCUT2D eigenvalue weighted by Crippen LogP contribution is -2.35. The van der Waals surface area contributed by atoms with E-state index in [0.717, 1.165) is 11.4 Å². The minimum absolute atomic E-state index is 0.282. The Hall–Kier alpha value is -4.28. The van der Waals surface area contributed by atoms with Crippen LogP contribution in [0.4, 0.5) is 5.69 Å². The Morgan fingerprint density at radius 2 is 1.63 bits per heavy atom. The molecule has 2 aliphatic rings. The van der Waals surface area contributed by atoms with E-state index in [4.69, 9.17) is 0 Å². The van der Waals surface area contributed by atoms with Crippen LogP contribution in [0.5, 0.6) is 0 Å². The van der Waals surface area contributed by atoms with Gasteiger partial charge in [-0.3, -0.25) is 0 Å². The van der Waals surface area contributed by atoms with E-state index in [1.807, 2.05) is 26.0 Å². The molecule has 3 aromatic carbocycles. The van der Waals surface area contributed by atoms with Gasteiger partial charge in [-0.2, -0.15) is 0 Å². The summed E-state index contributed by atoms with van der Waals surface area (Å²) in [5.74, 6) is 6.16. The lowest BCUT2D eigenvalue weighted by atomic mass is 9.59. The van der Waals surface area contributed by atoms with E-state index < -0.39 is 0 Å². The molecule has 0 heterocycles. The summed E-state index contributed by atoms with van der Waals surface area (Å²) < 4.78 is 0. The topological polar surface area (TPSA) is 12.0 Å². The highest BCUT2D eigenvalue weighted by Gasteiger charge is 2.44. The minimum Gasteiger partial charge on any atom is -0.356 e. The Kier molecular flexibility index (Phi) is 6.38. The minimum atomic E-state index is -0.380. The quantitative estimate of drug-likeness (QED) is 0.305. The van der Waals surface area contributed by atoms with E-state index in [-0.39, 0.29) is 11.3 Å². The zero-order valence-corrected chi connectivity index (χ0v) is 20.2. The molecule has 5 rings (SSSR count). The van der Waals surface area contributed by atoms with Crippen LogP contribution >= 0.6 is 0 Å². The molecule has 2 unspecified atom stereocenters. The summed E-state index contributed by atoms with van der Waals surface area (Å²) in [5.41, 5.74) is 8.25. The van der Waals surface area contributed by atoms with Gasteiger partial charge in [0, 0.05) is 17.3 Å². The van der Waals surface area contributed by atoms with Crippen molar-refractivity contribution >= 4 is 5.69 Å². The molecule has 1 N–H and O–H groups in total. The Labute approximate surface area is 208 Å². The number of fused-ring (bicyclic) bond motifs is 3. The summed E-state index contributed by atoms with van der Waals surface area (Å²) in [6.07, 6.45) is 17.3. The average Bonchev–Trinajstić information content (AvgIpc) is 3.14. The van der Waals surface area contributed by atoms with Crippen LogP contribution in [-0.4, -0.2) is 0 Å². The first-order chi connectivity index (χ1) is 17.3. The summed E-state index contributed by atoms with van der Waals surface area (Å²) in [7, 11) is 0. The normalized spacial score (nSPS) is 20.5. The van der Waals surface area contributed by atoms with Crippen LogP contribution in [0.3, 0.4) is 0 Å². The van der Waals surface area contributed by atoms with Crippen LogP contribution in [0.25, 0.3) is 0 Å². The fourth-order valence-corrected chi connectivity index (χ4v) is 5.27. The molecular formula is C34H29N. The van der Waals surface area contributed by atoms with Gasteiger partial charge in [0.1, 0.15) is 0 Å². The van der Waals surface area contributed by atoms with E-state index in [2.05, 4.69) is 132 Å². The van der Waals surface area contributed by atoms with Gasteiger partial charge in [0.25, 0.3) is 0 Å². The first-order valence-electron chi connectivity index (χ1n) is 12.1. The molecule has 0 aliphatic heterocycles. The second-order valence-corrected chi connectivity index (χ2v) is 8.77. The number of hydrogen-bond donors (Lipinski definition) is 1. The van der Waals surface area contributed by atoms with Crippen LogP contribution in [0.15, 0.2) is 139 Å². The Bertz CT molecular complexity index is 1420. The van der Waals surface area contributed by atoms with E-state index >= 15 is 0 Å². The molecule has 1 heteroatoms. The molecule has 1 nitrogen and oxygen atoms in total. The molecular weight excluding hydrogens is 422 g/mol. The second-order valence-electron chi connectivity index (χ2n) is 8.77. The molecule has 0 aromatic heterocycles.